The molecular formula is C12H24ClN3O2. The van der Waals surface area contributed by atoms with E-state index in [1.807, 2.05) is 6.92 Å². The van der Waals surface area contributed by atoms with Gasteiger partial charge in [0.05, 0.1) is 6.54 Å². The number of piperidine rings is 1. The van der Waals surface area contributed by atoms with E-state index in [1.54, 1.807) is 11.9 Å². The van der Waals surface area contributed by atoms with Crippen molar-refractivity contribution in [1.29, 1.82) is 0 Å². The predicted molar refractivity (Wildman–Crippen MR) is 73.8 cm³/mol. The molecule has 0 bridgehead atoms. The van der Waals surface area contributed by atoms with Crippen LogP contribution in [0.5, 0.6) is 0 Å². The molecule has 0 spiro atoms. The van der Waals surface area contributed by atoms with Gasteiger partial charge in [-0.25, -0.2) is 0 Å². The van der Waals surface area contributed by atoms with E-state index < -0.39 is 0 Å². The second-order valence-corrected chi connectivity index (χ2v) is 4.46. The number of nitrogens with zero attached hydrogens (tertiary/aromatic N) is 1. The number of carbonyl (C=O) groups is 2. The van der Waals surface area contributed by atoms with Gasteiger partial charge in [-0.15, -0.1) is 12.4 Å². The SMILES string of the molecule is CCCN(CC(=O)NC)C(=O)C1CCNCC1.Cl. The zero-order chi connectivity index (χ0) is 12.7. The molecule has 0 radical (unpaired) electrons. The largest absolute Gasteiger partial charge is 0.358 e. The number of rotatable bonds is 5. The summed E-state index contributed by atoms with van der Waals surface area (Å²) in [7, 11) is 1.60. The topological polar surface area (TPSA) is 61.4 Å². The van der Waals surface area contributed by atoms with Crippen LogP contribution in [0.25, 0.3) is 0 Å². The molecule has 0 aromatic rings. The lowest BCUT2D eigenvalue weighted by atomic mass is 9.96. The number of hydrogen-bond donors (Lipinski definition) is 2. The first-order valence-electron chi connectivity index (χ1n) is 6.39. The van der Waals surface area contributed by atoms with Gasteiger partial charge in [0.2, 0.25) is 11.8 Å². The number of nitrogens with one attached hydrogen (secondary N) is 2. The Hall–Kier alpha value is -0.810. The summed E-state index contributed by atoms with van der Waals surface area (Å²) in [5.41, 5.74) is 0. The first-order chi connectivity index (χ1) is 8.19. The zero-order valence-corrected chi connectivity index (χ0v) is 12.0. The van der Waals surface area contributed by atoms with Crippen molar-refractivity contribution >= 4 is 24.2 Å². The van der Waals surface area contributed by atoms with E-state index >= 15 is 0 Å². The van der Waals surface area contributed by atoms with E-state index in [2.05, 4.69) is 10.6 Å². The molecule has 0 saturated carbocycles. The van der Waals surface area contributed by atoms with Crippen LogP contribution < -0.4 is 10.6 Å². The second-order valence-electron chi connectivity index (χ2n) is 4.46. The highest BCUT2D eigenvalue weighted by Gasteiger charge is 2.26. The standard InChI is InChI=1S/C12H23N3O2.ClH/c1-3-8-15(9-11(16)13-2)12(17)10-4-6-14-7-5-10;/h10,14H,3-9H2,1-2H3,(H,13,16);1H. The first kappa shape index (κ1) is 17.2. The van der Waals surface area contributed by atoms with Crippen molar-refractivity contribution in [2.24, 2.45) is 5.92 Å². The van der Waals surface area contributed by atoms with Gasteiger partial charge in [0.25, 0.3) is 0 Å². The van der Waals surface area contributed by atoms with Gasteiger partial charge in [-0.1, -0.05) is 6.92 Å². The Kier molecular flexibility index (Phi) is 8.75. The summed E-state index contributed by atoms with van der Waals surface area (Å²) >= 11 is 0. The van der Waals surface area contributed by atoms with E-state index in [4.69, 9.17) is 0 Å². The lowest BCUT2D eigenvalue weighted by Crippen LogP contribution is -2.45. The Morgan fingerprint density at radius 3 is 2.44 bits per heavy atom. The molecule has 2 N–H and O–H groups in total. The average molecular weight is 278 g/mol. The van der Waals surface area contributed by atoms with Gasteiger partial charge in [-0.05, 0) is 32.4 Å². The fourth-order valence-corrected chi connectivity index (χ4v) is 2.12. The fourth-order valence-electron chi connectivity index (χ4n) is 2.12. The van der Waals surface area contributed by atoms with Crippen LogP contribution in [0, 0.1) is 5.92 Å². The molecule has 0 unspecified atom stereocenters. The molecule has 1 fully saturated rings. The van der Waals surface area contributed by atoms with Gasteiger partial charge < -0.3 is 15.5 Å². The third kappa shape index (κ3) is 5.23. The number of amides is 2. The third-order valence-electron chi connectivity index (χ3n) is 3.11. The molecule has 1 aliphatic heterocycles. The summed E-state index contributed by atoms with van der Waals surface area (Å²) in [6, 6.07) is 0. The quantitative estimate of drug-likeness (QED) is 0.764. The zero-order valence-electron chi connectivity index (χ0n) is 11.2. The molecule has 18 heavy (non-hydrogen) atoms. The van der Waals surface area contributed by atoms with Crippen LogP contribution in [0.15, 0.2) is 0 Å². The van der Waals surface area contributed by atoms with Crippen molar-refractivity contribution in [3.63, 3.8) is 0 Å². The minimum absolute atomic E-state index is 0. The van der Waals surface area contributed by atoms with E-state index in [1.165, 1.54) is 0 Å². The van der Waals surface area contributed by atoms with Gasteiger partial charge in [-0.3, -0.25) is 9.59 Å². The molecule has 1 heterocycles. The molecule has 2 amide bonds. The lowest BCUT2D eigenvalue weighted by Gasteiger charge is -2.29. The summed E-state index contributed by atoms with van der Waals surface area (Å²) in [5.74, 6) is 0.130. The van der Waals surface area contributed by atoms with Crippen molar-refractivity contribution in [3.05, 3.63) is 0 Å². The summed E-state index contributed by atoms with van der Waals surface area (Å²) in [6.07, 6.45) is 2.65. The summed E-state index contributed by atoms with van der Waals surface area (Å²) in [6.45, 7) is 4.67. The minimum Gasteiger partial charge on any atom is -0.358 e. The van der Waals surface area contributed by atoms with Gasteiger partial charge >= 0.3 is 0 Å². The summed E-state index contributed by atoms with van der Waals surface area (Å²) in [5, 5.41) is 5.81. The predicted octanol–water partition coefficient (Wildman–Crippen LogP) is 0.392. The monoisotopic (exact) mass is 277 g/mol. The fraction of sp³-hybridized carbons (Fsp3) is 0.833. The van der Waals surface area contributed by atoms with Crippen molar-refractivity contribution in [2.75, 3.05) is 33.2 Å². The Morgan fingerprint density at radius 2 is 1.94 bits per heavy atom. The van der Waals surface area contributed by atoms with Crippen LogP contribution in [0.4, 0.5) is 0 Å². The Balaban J connectivity index is 0.00000289. The second kappa shape index (κ2) is 9.16. The molecule has 0 aromatic heterocycles. The molecule has 106 valence electrons. The third-order valence-corrected chi connectivity index (χ3v) is 3.11. The first-order valence-corrected chi connectivity index (χ1v) is 6.39. The summed E-state index contributed by atoms with van der Waals surface area (Å²) in [4.78, 5) is 25.3. The van der Waals surface area contributed by atoms with E-state index in [0.29, 0.717) is 6.54 Å². The molecule has 6 heteroatoms. The molecule has 1 rings (SSSR count). The van der Waals surface area contributed by atoms with Crippen LogP contribution in [0.1, 0.15) is 26.2 Å². The molecule has 0 aliphatic carbocycles. The van der Waals surface area contributed by atoms with Crippen molar-refractivity contribution in [3.8, 4) is 0 Å². The number of hydrogen-bond acceptors (Lipinski definition) is 3. The highest BCUT2D eigenvalue weighted by Crippen LogP contribution is 2.15. The van der Waals surface area contributed by atoms with Gasteiger partial charge in [0.1, 0.15) is 0 Å². The average Bonchev–Trinajstić information content (AvgIpc) is 2.38. The van der Waals surface area contributed by atoms with E-state index in [9.17, 15) is 9.59 Å². The molecule has 1 aliphatic rings. The van der Waals surface area contributed by atoms with E-state index in [0.717, 1.165) is 32.4 Å². The Labute approximate surface area is 115 Å². The van der Waals surface area contributed by atoms with Crippen LogP contribution >= 0.6 is 12.4 Å². The van der Waals surface area contributed by atoms with Gasteiger partial charge in [0.15, 0.2) is 0 Å². The normalized spacial score (nSPS) is 15.7. The maximum absolute atomic E-state index is 12.3. The van der Waals surface area contributed by atoms with Crippen LogP contribution in [-0.4, -0.2) is 49.9 Å². The maximum atomic E-state index is 12.3. The molecular weight excluding hydrogens is 254 g/mol. The number of likely N-dealkylation sites (N-methyl/N-ethyl adjacent to an activating group) is 1. The van der Waals surface area contributed by atoms with Gasteiger partial charge in [0, 0.05) is 19.5 Å². The summed E-state index contributed by atoms with van der Waals surface area (Å²) < 4.78 is 0. The van der Waals surface area contributed by atoms with E-state index in [-0.39, 0.29) is 36.7 Å². The molecule has 5 nitrogen and oxygen atoms in total. The maximum Gasteiger partial charge on any atom is 0.239 e. The minimum atomic E-state index is -0.0965. The highest BCUT2D eigenvalue weighted by atomic mass is 35.5. The van der Waals surface area contributed by atoms with Crippen LogP contribution in [0.2, 0.25) is 0 Å². The molecule has 1 saturated heterocycles. The number of halogens is 1. The van der Waals surface area contributed by atoms with Gasteiger partial charge in [-0.2, -0.15) is 0 Å². The molecule has 0 atom stereocenters. The van der Waals surface area contributed by atoms with Crippen molar-refractivity contribution < 1.29 is 9.59 Å². The Bertz CT molecular complexity index is 268. The highest BCUT2D eigenvalue weighted by molar-refractivity contribution is 5.86. The van der Waals surface area contributed by atoms with Crippen molar-refractivity contribution in [1.82, 2.24) is 15.5 Å². The van der Waals surface area contributed by atoms with Crippen molar-refractivity contribution in [2.45, 2.75) is 26.2 Å². The Morgan fingerprint density at radius 1 is 1.33 bits per heavy atom. The van der Waals surface area contributed by atoms with Crippen LogP contribution in [-0.2, 0) is 9.59 Å². The lowest BCUT2D eigenvalue weighted by molar-refractivity contribution is -0.140. The smallest absolute Gasteiger partial charge is 0.239 e. The van der Waals surface area contributed by atoms with Crippen LogP contribution in [0.3, 0.4) is 0 Å². The number of carbonyl (C=O) groups excluding carboxylic acids is 2. The molecule has 0 aromatic carbocycles.